The Kier molecular flexibility index (Phi) is 3.80. The number of hydrogen-bond donors (Lipinski definition) is 1. The highest BCUT2D eigenvalue weighted by atomic mass is 16.3. The topological polar surface area (TPSA) is 59.3 Å². The molecule has 1 amide bonds. The van der Waals surface area contributed by atoms with Gasteiger partial charge in [0.05, 0.1) is 5.69 Å². The number of para-hydroxylation sites is 1. The Bertz CT molecular complexity index is 599. The molecule has 0 aliphatic heterocycles. The Morgan fingerprint density at radius 1 is 1.21 bits per heavy atom. The zero-order valence-corrected chi connectivity index (χ0v) is 10.8. The van der Waals surface area contributed by atoms with Gasteiger partial charge in [-0.15, -0.1) is 0 Å². The van der Waals surface area contributed by atoms with Crippen LogP contribution in [0.2, 0.25) is 0 Å². The van der Waals surface area contributed by atoms with Crippen molar-refractivity contribution >= 4 is 17.9 Å². The van der Waals surface area contributed by atoms with Crippen LogP contribution < -0.4 is 5.32 Å². The van der Waals surface area contributed by atoms with E-state index in [1.54, 1.807) is 18.2 Å². The molecule has 1 N–H and O–H groups in total. The number of nitrogens with one attached hydrogen (secondary N) is 1. The molecule has 0 saturated carbocycles. The maximum atomic E-state index is 11.8. The van der Waals surface area contributed by atoms with E-state index in [0.29, 0.717) is 17.7 Å². The minimum atomic E-state index is -0.102. The van der Waals surface area contributed by atoms with Crippen molar-refractivity contribution in [2.75, 3.05) is 5.32 Å². The van der Waals surface area contributed by atoms with E-state index < -0.39 is 0 Å². The molecule has 0 bridgehead atoms. The summed E-state index contributed by atoms with van der Waals surface area (Å²) < 4.78 is 5.38. The van der Waals surface area contributed by atoms with Gasteiger partial charge in [-0.05, 0) is 24.3 Å². The Morgan fingerprint density at radius 2 is 1.95 bits per heavy atom. The molecule has 1 aromatic heterocycles. The molecule has 0 atom stereocenters. The van der Waals surface area contributed by atoms with Crippen LogP contribution in [-0.2, 0) is 4.79 Å². The van der Waals surface area contributed by atoms with Crippen molar-refractivity contribution < 1.29 is 14.0 Å². The van der Waals surface area contributed by atoms with Crippen LogP contribution in [0.1, 0.15) is 24.4 Å². The highest BCUT2D eigenvalue weighted by Gasteiger charge is 2.13. The summed E-state index contributed by atoms with van der Waals surface area (Å²) in [6, 6.07) is 10.6. The van der Waals surface area contributed by atoms with Gasteiger partial charge in [0, 0.05) is 11.5 Å². The number of benzene rings is 1. The molecular weight excluding hydrogens is 242 g/mol. The van der Waals surface area contributed by atoms with Gasteiger partial charge in [0.2, 0.25) is 5.91 Å². The molecule has 2 aromatic rings. The molecule has 4 nitrogen and oxygen atoms in total. The van der Waals surface area contributed by atoms with Crippen molar-refractivity contribution in [3.63, 3.8) is 0 Å². The minimum absolute atomic E-state index is 0.0605. The number of anilines is 1. The molecule has 1 heterocycles. The molecule has 0 unspecified atom stereocenters. The number of amides is 1. The summed E-state index contributed by atoms with van der Waals surface area (Å²) in [5.41, 5.74) is 1.43. The van der Waals surface area contributed by atoms with Crippen LogP contribution in [0.4, 0.5) is 5.69 Å². The number of carbonyl (C=O) groups is 2. The summed E-state index contributed by atoms with van der Waals surface area (Å²) in [7, 11) is 0. The van der Waals surface area contributed by atoms with Crippen LogP contribution >= 0.6 is 0 Å². The molecule has 0 aliphatic rings. The van der Waals surface area contributed by atoms with E-state index in [0.717, 1.165) is 5.56 Å². The highest BCUT2D eigenvalue weighted by molar-refractivity contribution is 5.96. The molecule has 0 saturated heterocycles. The fraction of sp³-hybridized carbons (Fsp3) is 0.200. The van der Waals surface area contributed by atoms with Gasteiger partial charge in [0.25, 0.3) is 0 Å². The molecule has 1 aromatic carbocycles. The van der Waals surface area contributed by atoms with Crippen molar-refractivity contribution in [3.05, 3.63) is 42.2 Å². The third kappa shape index (κ3) is 2.91. The van der Waals surface area contributed by atoms with Gasteiger partial charge in [0.1, 0.15) is 5.76 Å². The maximum Gasteiger partial charge on any atom is 0.226 e. The first kappa shape index (κ1) is 13.1. The molecule has 4 heteroatoms. The number of hydrogen-bond acceptors (Lipinski definition) is 3. The smallest absolute Gasteiger partial charge is 0.226 e. The van der Waals surface area contributed by atoms with Crippen molar-refractivity contribution in [3.8, 4) is 11.3 Å². The van der Waals surface area contributed by atoms with E-state index in [1.165, 1.54) is 0 Å². The van der Waals surface area contributed by atoms with Crippen molar-refractivity contribution in [2.45, 2.75) is 13.8 Å². The first-order valence-corrected chi connectivity index (χ1v) is 6.07. The van der Waals surface area contributed by atoms with Gasteiger partial charge in [-0.2, -0.15) is 0 Å². The van der Waals surface area contributed by atoms with Crippen LogP contribution in [0.25, 0.3) is 11.3 Å². The number of aldehydes is 1. The quantitative estimate of drug-likeness (QED) is 0.854. The van der Waals surface area contributed by atoms with E-state index in [1.807, 2.05) is 32.0 Å². The van der Waals surface area contributed by atoms with Crippen LogP contribution in [0.5, 0.6) is 0 Å². The molecule has 0 spiro atoms. The van der Waals surface area contributed by atoms with Crippen molar-refractivity contribution in [2.24, 2.45) is 5.92 Å². The second-order valence-corrected chi connectivity index (χ2v) is 4.51. The second kappa shape index (κ2) is 5.52. The minimum Gasteiger partial charge on any atom is -0.453 e. The molecular formula is C15H15NO3. The Morgan fingerprint density at radius 3 is 2.58 bits per heavy atom. The lowest BCUT2D eigenvalue weighted by Gasteiger charge is -2.11. The molecule has 2 rings (SSSR count). The molecule has 19 heavy (non-hydrogen) atoms. The van der Waals surface area contributed by atoms with Crippen molar-refractivity contribution in [1.82, 2.24) is 0 Å². The summed E-state index contributed by atoms with van der Waals surface area (Å²) in [6.45, 7) is 3.66. The lowest BCUT2D eigenvalue weighted by atomic mass is 10.1. The van der Waals surface area contributed by atoms with E-state index in [4.69, 9.17) is 4.42 Å². The standard InChI is InChI=1S/C15H15NO3/c1-10(2)15(18)16-13-6-4-3-5-12(13)14-8-7-11(9-17)19-14/h3-10H,1-2H3,(H,16,18). The van der Waals surface area contributed by atoms with Gasteiger partial charge in [-0.3, -0.25) is 9.59 Å². The largest absolute Gasteiger partial charge is 0.453 e. The predicted octanol–water partition coefficient (Wildman–Crippen LogP) is 3.35. The summed E-state index contributed by atoms with van der Waals surface area (Å²) >= 11 is 0. The SMILES string of the molecule is CC(C)C(=O)Nc1ccccc1-c1ccc(C=O)o1. The average Bonchev–Trinajstić information content (AvgIpc) is 2.88. The first-order chi connectivity index (χ1) is 9.11. The van der Waals surface area contributed by atoms with Crippen LogP contribution in [-0.4, -0.2) is 12.2 Å². The number of furan rings is 1. The predicted molar refractivity (Wildman–Crippen MR) is 73.0 cm³/mol. The summed E-state index contributed by atoms with van der Waals surface area (Å²) in [5.74, 6) is 0.659. The lowest BCUT2D eigenvalue weighted by molar-refractivity contribution is -0.118. The highest BCUT2D eigenvalue weighted by Crippen LogP contribution is 2.29. The van der Waals surface area contributed by atoms with E-state index in [-0.39, 0.29) is 17.6 Å². The summed E-state index contributed by atoms with van der Waals surface area (Å²) in [5, 5.41) is 2.85. The van der Waals surface area contributed by atoms with E-state index >= 15 is 0 Å². The Hall–Kier alpha value is -2.36. The zero-order valence-electron chi connectivity index (χ0n) is 10.8. The van der Waals surface area contributed by atoms with E-state index in [9.17, 15) is 9.59 Å². The molecule has 0 fully saturated rings. The van der Waals surface area contributed by atoms with Gasteiger partial charge in [0.15, 0.2) is 12.0 Å². The first-order valence-electron chi connectivity index (χ1n) is 6.07. The molecule has 98 valence electrons. The maximum absolute atomic E-state index is 11.8. The van der Waals surface area contributed by atoms with Gasteiger partial charge < -0.3 is 9.73 Å². The lowest BCUT2D eigenvalue weighted by Crippen LogP contribution is -2.18. The normalized spacial score (nSPS) is 10.5. The summed E-state index contributed by atoms with van der Waals surface area (Å²) in [4.78, 5) is 22.4. The third-order valence-electron chi connectivity index (χ3n) is 2.72. The Balaban J connectivity index is 2.35. The van der Waals surface area contributed by atoms with Gasteiger partial charge >= 0.3 is 0 Å². The van der Waals surface area contributed by atoms with Gasteiger partial charge in [-0.1, -0.05) is 26.0 Å². The fourth-order valence-electron chi connectivity index (χ4n) is 1.64. The van der Waals surface area contributed by atoms with Crippen LogP contribution in [0.15, 0.2) is 40.8 Å². The molecule has 0 radical (unpaired) electrons. The second-order valence-electron chi connectivity index (χ2n) is 4.51. The molecule has 0 aliphatic carbocycles. The number of rotatable bonds is 4. The van der Waals surface area contributed by atoms with Crippen molar-refractivity contribution in [1.29, 1.82) is 0 Å². The van der Waals surface area contributed by atoms with Crippen LogP contribution in [0.3, 0.4) is 0 Å². The monoisotopic (exact) mass is 257 g/mol. The average molecular weight is 257 g/mol. The van der Waals surface area contributed by atoms with Crippen LogP contribution in [0, 0.1) is 5.92 Å². The van der Waals surface area contributed by atoms with Gasteiger partial charge in [-0.25, -0.2) is 0 Å². The third-order valence-corrected chi connectivity index (χ3v) is 2.72. The fourth-order valence-corrected chi connectivity index (χ4v) is 1.64. The van der Waals surface area contributed by atoms with E-state index in [2.05, 4.69) is 5.32 Å². The summed E-state index contributed by atoms with van der Waals surface area (Å²) in [6.07, 6.45) is 0.652. The zero-order chi connectivity index (χ0) is 13.8. The Labute approximate surface area is 111 Å². The number of carbonyl (C=O) groups excluding carboxylic acids is 2.